The average molecular weight is 347 g/mol. The van der Waals surface area contributed by atoms with Gasteiger partial charge in [0, 0.05) is 13.0 Å². The highest BCUT2D eigenvalue weighted by molar-refractivity contribution is 7.99. The van der Waals surface area contributed by atoms with Crippen molar-refractivity contribution in [2.45, 2.75) is 44.2 Å². The molecular weight excluding hydrogens is 330 g/mol. The zero-order valence-electron chi connectivity index (χ0n) is 13.3. The van der Waals surface area contributed by atoms with Gasteiger partial charge >= 0.3 is 11.7 Å². The van der Waals surface area contributed by atoms with Crippen molar-refractivity contribution in [3.8, 4) is 6.07 Å². The lowest BCUT2D eigenvalue weighted by Crippen LogP contribution is -2.21. The van der Waals surface area contributed by atoms with E-state index in [2.05, 4.69) is 16.2 Å². The predicted octanol–water partition coefficient (Wildman–Crippen LogP) is 1.14. The van der Waals surface area contributed by atoms with Crippen LogP contribution in [-0.2, 0) is 22.5 Å². The third-order valence-corrected chi connectivity index (χ3v) is 4.77. The van der Waals surface area contributed by atoms with E-state index in [1.165, 1.54) is 4.52 Å². The summed E-state index contributed by atoms with van der Waals surface area (Å²) in [7, 11) is 0. The molecule has 0 saturated carbocycles. The van der Waals surface area contributed by atoms with Gasteiger partial charge in [-0.2, -0.15) is 14.8 Å². The molecular formula is C15H17N5O3S. The van der Waals surface area contributed by atoms with Gasteiger partial charge in [0.25, 0.3) is 0 Å². The second kappa shape index (κ2) is 7.05. The monoisotopic (exact) mass is 347 g/mol. The van der Waals surface area contributed by atoms with E-state index in [-0.39, 0.29) is 22.9 Å². The van der Waals surface area contributed by atoms with Gasteiger partial charge in [-0.25, -0.2) is 4.79 Å². The minimum atomic E-state index is -0.532. The summed E-state index contributed by atoms with van der Waals surface area (Å²) in [4.78, 5) is 27.8. The van der Waals surface area contributed by atoms with Gasteiger partial charge in [0.2, 0.25) is 0 Å². The third-order valence-electron chi connectivity index (χ3n) is 3.83. The molecule has 0 unspecified atom stereocenters. The molecule has 0 aliphatic carbocycles. The zero-order chi connectivity index (χ0) is 17.1. The minimum absolute atomic E-state index is 0.00608. The van der Waals surface area contributed by atoms with Crippen molar-refractivity contribution in [1.82, 2.24) is 19.2 Å². The number of carbonyl (C=O) groups excluding carboxylic acids is 1. The van der Waals surface area contributed by atoms with Crippen LogP contribution in [0.15, 0.2) is 9.82 Å². The second-order valence-corrected chi connectivity index (χ2v) is 6.36. The Bertz CT molecular complexity index is 880. The van der Waals surface area contributed by atoms with Crippen LogP contribution >= 0.6 is 11.8 Å². The predicted molar refractivity (Wildman–Crippen MR) is 86.9 cm³/mol. The number of hydrogen-bond acceptors (Lipinski definition) is 7. The number of thioether (sulfide) groups is 1. The highest BCUT2D eigenvalue weighted by atomic mass is 32.2. The van der Waals surface area contributed by atoms with Crippen LogP contribution in [0.25, 0.3) is 5.65 Å². The van der Waals surface area contributed by atoms with E-state index >= 15 is 0 Å². The molecule has 1 aliphatic heterocycles. The molecule has 0 atom stereocenters. The van der Waals surface area contributed by atoms with Crippen molar-refractivity contribution in [3.05, 3.63) is 21.9 Å². The number of hydrogen-bond donors (Lipinski definition) is 0. The fraction of sp³-hybridized carbons (Fsp3) is 0.533. The fourth-order valence-corrected chi connectivity index (χ4v) is 3.56. The number of carbonyl (C=O) groups is 1. The molecule has 0 amide bonds. The Morgan fingerprint density at radius 3 is 3.00 bits per heavy atom. The summed E-state index contributed by atoms with van der Waals surface area (Å²) in [6.07, 6.45) is 3.86. The van der Waals surface area contributed by atoms with Crippen molar-refractivity contribution in [2.24, 2.45) is 0 Å². The summed E-state index contributed by atoms with van der Waals surface area (Å²) < 4.78 is 8.01. The number of ether oxygens (including phenoxy) is 1. The number of rotatable bonds is 4. The summed E-state index contributed by atoms with van der Waals surface area (Å²) in [6, 6.07) is 2.12. The van der Waals surface area contributed by atoms with Crippen LogP contribution in [0.1, 0.15) is 37.6 Å². The second-order valence-electron chi connectivity index (χ2n) is 5.39. The van der Waals surface area contributed by atoms with E-state index in [1.807, 2.05) is 4.57 Å². The van der Waals surface area contributed by atoms with Gasteiger partial charge in [-0.15, -0.1) is 5.10 Å². The molecule has 126 valence electrons. The Morgan fingerprint density at radius 1 is 1.42 bits per heavy atom. The maximum absolute atomic E-state index is 12.3. The molecule has 0 fully saturated rings. The molecule has 2 aromatic rings. The van der Waals surface area contributed by atoms with Gasteiger partial charge in [-0.1, -0.05) is 18.2 Å². The van der Waals surface area contributed by atoms with Crippen molar-refractivity contribution in [3.63, 3.8) is 0 Å². The number of nitrogens with zero attached hydrogens (tertiary/aromatic N) is 5. The van der Waals surface area contributed by atoms with Gasteiger partial charge in [0.1, 0.15) is 22.5 Å². The average Bonchev–Trinajstić information content (AvgIpc) is 2.77. The van der Waals surface area contributed by atoms with E-state index < -0.39 is 11.7 Å². The molecule has 9 heteroatoms. The number of esters is 1. The molecule has 0 saturated heterocycles. The van der Waals surface area contributed by atoms with Crippen molar-refractivity contribution in [2.75, 3.05) is 12.4 Å². The number of nitriles is 1. The maximum Gasteiger partial charge on any atom is 0.371 e. The van der Waals surface area contributed by atoms with E-state index in [0.717, 1.165) is 49.8 Å². The van der Waals surface area contributed by atoms with Gasteiger partial charge in [0.05, 0.1) is 12.4 Å². The molecule has 0 bridgehead atoms. The van der Waals surface area contributed by atoms with Crippen LogP contribution < -0.4 is 5.69 Å². The van der Waals surface area contributed by atoms with E-state index in [4.69, 9.17) is 4.74 Å². The quantitative estimate of drug-likeness (QED) is 0.464. The van der Waals surface area contributed by atoms with Crippen molar-refractivity contribution >= 4 is 23.4 Å². The molecule has 24 heavy (non-hydrogen) atoms. The fourth-order valence-electron chi connectivity index (χ4n) is 2.80. The van der Waals surface area contributed by atoms with Gasteiger partial charge in [-0.3, -0.25) is 4.79 Å². The maximum atomic E-state index is 12.3. The van der Waals surface area contributed by atoms with Gasteiger partial charge in [0.15, 0.2) is 5.65 Å². The van der Waals surface area contributed by atoms with Gasteiger partial charge in [-0.05, 0) is 19.8 Å². The molecule has 2 aromatic heterocycles. The van der Waals surface area contributed by atoms with Crippen LogP contribution in [0.5, 0.6) is 0 Å². The topological polar surface area (TPSA) is 102 Å². The van der Waals surface area contributed by atoms with Crippen LogP contribution in [0.4, 0.5) is 0 Å². The Labute approximate surface area is 142 Å². The van der Waals surface area contributed by atoms with E-state index in [9.17, 15) is 14.9 Å². The molecule has 0 aromatic carbocycles. The Morgan fingerprint density at radius 2 is 2.25 bits per heavy atom. The van der Waals surface area contributed by atoms with E-state index in [0.29, 0.717) is 5.65 Å². The lowest BCUT2D eigenvalue weighted by Gasteiger charge is -2.07. The lowest BCUT2D eigenvalue weighted by atomic mass is 10.2. The first-order valence-electron chi connectivity index (χ1n) is 7.86. The van der Waals surface area contributed by atoms with Crippen LogP contribution in [-0.4, -0.2) is 37.5 Å². The smallest absolute Gasteiger partial charge is 0.371 e. The SMILES string of the molecule is CCOC(=O)CSc1nc(=O)n2nc3n(c2c1C#N)CCCCC3. The normalized spacial score (nSPS) is 14.0. The summed E-state index contributed by atoms with van der Waals surface area (Å²) in [5.74, 6) is 0.405. The standard InChI is InChI=1S/C15H17N5O3S/c1-2-23-12(21)9-24-13-10(8-16)14-19-7-5-3-4-6-11(19)18-20(14)15(22)17-13/h2-7,9H2,1H3. The highest BCUT2D eigenvalue weighted by Crippen LogP contribution is 2.25. The van der Waals surface area contributed by atoms with Crippen LogP contribution in [0.2, 0.25) is 0 Å². The first kappa shape index (κ1) is 16.5. The Hall–Kier alpha value is -2.34. The number of fused-ring (bicyclic) bond motifs is 3. The summed E-state index contributed by atoms with van der Waals surface area (Å²) in [5.41, 5.74) is 0.223. The number of aromatic nitrogens is 4. The van der Waals surface area contributed by atoms with Crippen molar-refractivity contribution < 1.29 is 9.53 Å². The first-order valence-corrected chi connectivity index (χ1v) is 8.85. The molecule has 1 aliphatic rings. The Balaban J connectivity index is 2.08. The molecule has 8 nitrogen and oxygen atoms in total. The van der Waals surface area contributed by atoms with Crippen molar-refractivity contribution in [1.29, 1.82) is 5.26 Å². The van der Waals surface area contributed by atoms with Gasteiger partial charge < -0.3 is 9.30 Å². The van der Waals surface area contributed by atoms with Crippen LogP contribution in [0, 0.1) is 11.3 Å². The molecule has 0 radical (unpaired) electrons. The molecule has 0 N–H and O–H groups in total. The lowest BCUT2D eigenvalue weighted by molar-refractivity contribution is -0.139. The minimum Gasteiger partial charge on any atom is -0.465 e. The summed E-state index contributed by atoms with van der Waals surface area (Å²) in [5, 5.41) is 14.2. The first-order chi connectivity index (χ1) is 11.7. The molecule has 3 heterocycles. The summed E-state index contributed by atoms with van der Waals surface area (Å²) >= 11 is 1.05. The summed E-state index contributed by atoms with van der Waals surface area (Å²) in [6.45, 7) is 2.73. The molecule has 0 spiro atoms. The largest absolute Gasteiger partial charge is 0.465 e. The molecule has 3 rings (SSSR count). The van der Waals surface area contributed by atoms with Crippen LogP contribution in [0.3, 0.4) is 0 Å². The Kier molecular flexibility index (Phi) is 4.85. The highest BCUT2D eigenvalue weighted by Gasteiger charge is 2.22. The third kappa shape index (κ3) is 3.01. The van der Waals surface area contributed by atoms with E-state index in [1.54, 1.807) is 6.92 Å². The number of aryl methyl sites for hydroxylation is 2. The zero-order valence-corrected chi connectivity index (χ0v) is 14.1.